The lowest BCUT2D eigenvalue weighted by Gasteiger charge is -2.34. The van der Waals surface area contributed by atoms with Gasteiger partial charge in [-0.05, 0) is 40.5 Å². The van der Waals surface area contributed by atoms with E-state index >= 15 is 0 Å². The van der Waals surface area contributed by atoms with E-state index in [1.54, 1.807) is 20.8 Å². The van der Waals surface area contributed by atoms with Crippen molar-refractivity contribution in [3.8, 4) is 0 Å². The highest BCUT2D eigenvalue weighted by molar-refractivity contribution is 6.09. The average Bonchev–Trinajstić information content (AvgIpc) is 2.71. The summed E-state index contributed by atoms with van der Waals surface area (Å²) in [4.78, 5) is 37.2. The predicted octanol–water partition coefficient (Wildman–Crippen LogP) is 1.52. The molecule has 1 aliphatic heterocycles. The summed E-state index contributed by atoms with van der Waals surface area (Å²) >= 11 is 0. The molecular weight excluding hydrogens is 250 g/mol. The summed E-state index contributed by atoms with van der Waals surface area (Å²) in [7, 11) is 1.21. The molecule has 0 bridgehead atoms. The minimum absolute atomic E-state index is 0.272. The van der Waals surface area contributed by atoms with Crippen LogP contribution >= 0.6 is 0 Å². The number of carbonyl (C=O) groups is 3. The molecule has 19 heavy (non-hydrogen) atoms. The molecule has 1 unspecified atom stereocenters. The Morgan fingerprint density at radius 2 is 1.79 bits per heavy atom. The Balaban J connectivity index is 3.08. The number of Topliss-reactive ketones (excluding diaryl/α,β-unsaturated/α-hetero) is 1. The lowest BCUT2D eigenvalue weighted by atomic mass is 9.92. The van der Waals surface area contributed by atoms with Gasteiger partial charge in [0.1, 0.15) is 5.60 Å². The Morgan fingerprint density at radius 3 is 2.21 bits per heavy atom. The fraction of sp³-hybridized carbons (Fsp3) is 0.769. The van der Waals surface area contributed by atoms with Crippen LogP contribution in [0, 0.1) is 0 Å². The third kappa shape index (κ3) is 2.88. The zero-order chi connectivity index (χ0) is 14.8. The molecule has 0 saturated carbocycles. The second kappa shape index (κ2) is 5.19. The molecule has 1 amide bonds. The first-order valence-electron chi connectivity index (χ1n) is 6.25. The van der Waals surface area contributed by atoms with Crippen molar-refractivity contribution < 1.29 is 23.9 Å². The van der Waals surface area contributed by atoms with Crippen LogP contribution in [-0.2, 0) is 19.1 Å². The number of methoxy groups -OCH3 is 1. The topological polar surface area (TPSA) is 72.9 Å². The SMILES string of the molecule is COC(=O)C1(C(C)=O)CCCN1C(=O)OC(C)(C)C. The monoisotopic (exact) mass is 271 g/mol. The highest BCUT2D eigenvalue weighted by Crippen LogP contribution is 2.33. The predicted molar refractivity (Wildman–Crippen MR) is 67.6 cm³/mol. The molecule has 1 fully saturated rings. The van der Waals surface area contributed by atoms with Gasteiger partial charge in [-0.25, -0.2) is 9.59 Å². The summed E-state index contributed by atoms with van der Waals surface area (Å²) in [6.45, 7) is 6.79. The second-order valence-electron chi connectivity index (χ2n) is 5.64. The molecule has 108 valence electrons. The van der Waals surface area contributed by atoms with E-state index in [4.69, 9.17) is 9.47 Å². The van der Waals surface area contributed by atoms with Crippen molar-refractivity contribution in [2.45, 2.75) is 51.7 Å². The average molecular weight is 271 g/mol. The molecule has 0 aromatic carbocycles. The molecule has 1 aliphatic rings. The van der Waals surface area contributed by atoms with Gasteiger partial charge in [0.2, 0.25) is 5.54 Å². The van der Waals surface area contributed by atoms with Gasteiger partial charge < -0.3 is 9.47 Å². The van der Waals surface area contributed by atoms with Crippen molar-refractivity contribution in [3.05, 3.63) is 0 Å². The van der Waals surface area contributed by atoms with E-state index in [2.05, 4.69) is 0 Å². The lowest BCUT2D eigenvalue weighted by Crippen LogP contribution is -2.59. The van der Waals surface area contributed by atoms with Crippen LogP contribution in [0.2, 0.25) is 0 Å². The third-order valence-corrected chi connectivity index (χ3v) is 3.10. The summed E-state index contributed by atoms with van der Waals surface area (Å²) in [5.41, 5.74) is -2.21. The second-order valence-corrected chi connectivity index (χ2v) is 5.64. The van der Waals surface area contributed by atoms with Crippen molar-refractivity contribution >= 4 is 17.8 Å². The van der Waals surface area contributed by atoms with Crippen molar-refractivity contribution in [2.24, 2.45) is 0 Å². The van der Waals surface area contributed by atoms with Gasteiger partial charge in [0.05, 0.1) is 7.11 Å². The van der Waals surface area contributed by atoms with Gasteiger partial charge in [-0.1, -0.05) is 0 Å². The number of amides is 1. The van der Waals surface area contributed by atoms with Crippen molar-refractivity contribution in [1.29, 1.82) is 0 Å². The Hall–Kier alpha value is -1.59. The fourth-order valence-electron chi connectivity index (χ4n) is 2.27. The molecule has 6 nitrogen and oxygen atoms in total. The maximum Gasteiger partial charge on any atom is 0.411 e. The molecule has 0 aromatic heterocycles. The molecule has 0 spiro atoms. The molecule has 0 radical (unpaired) electrons. The molecular formula is C13H21NO5. The van der Waals surface area contributed by atoms with Gasteiger partial charge in [0.25, 0.3) is 0 Å². The summed E-state index contributed by atoms with van der Waals surface area (Å²) in [5, 5.41) is 0. The normalized spacial score (nSPS) is 23.1. The third-order valence-electron chi connectivity index (χ3n) is 3.10. The van der Waals surface area contributed by atoms with Gasteiger partial charge >= 0.3 is 12.1 Å². The summed E-state index contributed by atoms with van der Waals surface area (Å²) in [6, 6.07) is 0. The maximum atomic E-state index is 12.1. The van der Waals surface area contributed by atoms with Gasteiger partial charge in [0, 0.05) is 6.54 Å². The van der Waals surface area contributed by atoms with Crippen LogP contribution in [0.3, 0.4) is 0 Å². The number of ketones is 1. The summed E-state index contributed by atoms with van der Waals surface area (Å²) in [5.74, 6) is -1.11. The highest BCUT2D eigenvalue weighted by atomic mass is 16.6. The van der Waals surface area contributed by atoms with E-state index in [0.29, 0.717) is 13.0 Å². The molecule has 1 saturated heterocycles. The first-order valence-corrected chi connectivity index (χ1v) is 6.25. The number of esters is 1. The van der Waals surface area contributed by atoms with Crippen LogP contribution in [-0.4, -0.2) is 47.5 Å². The van der Waals surface area contributed by atoms with Crippen LogP contribution in [0.4, 0.5) is 4.79 Å². The van der Waals surface area contributed by atoms with Crippen molar-refractivity contribution in [2.75, 3.05) is 13.7 Å². The zero-order valence-corrected chi connectivity index (χ0v) is 12.1. The molecule has 1 heterocycles. The molecule has 1 atom stereocenters. The fourth-order valence-corrected chi connectivity index (χ4v) is 2.27. The number of rotatable bonds is 2. The first kappa shape index (κ1) is 15.5. The highest BCUT2D eigenvalue weighted by Gasteiger charge is 2.55. The molecule has 1 rings (SSSR count). The number of hydrogen-bond donors (Lipinski definition) is 0. The maximum absolute atomic E-state index is 12.1. The first-order chi connectivity index (χ1) is 8.65. The van der Waals surface area contributed by atoms with Crippen molar-refractivity contribution in [3.63, 3.8) is 0 Å². The summed E-state index contributed by atoms with van der Waals surface area (Å²) < 4.78 is 9.95. The van der Waals surface area contributed by atoms with Crippen LogP contribution in [0.25, 0.3) is 0 Å². The quantitative estimate of drug-likeness (QED) is 0.562. The number of carbonyl (C=O) groups excluding carboxylic acids is 3. The van der Waals surface area contributed by atoms with Gasteiger partial charge in [-0.2, -0.15) is 0 Å². The zero-order valence-electron chi connectivity index (χ0n) is 12.1. The van der Waals surface area contributed by atoms with Crippen molar-refractivity contribution in [1.82, 2.24) is 4.90 Å². The Kier molecular flexibility index (Phi) is 4.22. The molecule has 0 aromatic rings. The lowest BCUT2D eigenvalue weighted by molar-refractivity contribution is -0.157. The van der Waals surface area contributed by atoms with Crippen LogP contribution in [0.1, 0.15) is 40.5 Å². The minimum Gasteiger partial charge on any atom is -0.467 e. The van der Waals surface area contributed by atoms with E-state index < -0.39 is 29.0 Å². The van der Waals surface area contributed by atoms with Gasteiger partial charge in [-0.3, -0.25) is 9.69 Å². The van der Waals surface area contributed by atoms with E-state index in [0.717, 1.165) is 0 Å². The number of hydrogen-bond acceptors (Lipinski definition) is 5. The van der Waals surface area contributed by atoms with E-state index in [1.807, 2.05) is 0 Å². The van der Waals surface area contributed by atoms with E-state index in [1.165, 1.54) is 18.9 Å². The van der Waals surface area contributed by atoms with Crippen LogP contribution in [0.15, 0.2) is 0 Å². The van der Waals surface area contributed by atoms with E-state index in [9.17, 15) is 14.4 Å². The molecule has 0 N–H and O–H groups in total. The smallest absolute Gasteiger partial charge is 0.411 e. The molecule has 6 heteroatoms. The largest absolute Gasteiger partial charge is 0.467 e. The van der Waals surface area contributed by atoms with Gasteiger partial charge in [0.15, 0.2) is 5.78 Å². The number of ether oxygens (including phenoxy) is 2. The standard InChI is InChI=1S/C13H21NO5/c1-9(15)13(10(16)18-5)7-6-8-14(13)11(17)19-12(2,3)4/h6-8H2,1-5H3. The van der Waals surface area contributed by atoms with Crippen LogP contribution < -0.4 is 0 Å². The Morgan fingerprint density at radius 1 is 1.21 bits per heavy atom. The minimum atomic E-state index is -1.53. The number of likely N-dealkylation sites (tertiary alicyclic amines) is 1. The van der Waals surface area contributed by atoms with Crippen LogP contribution in [0.5, 0.6) is 0 Å². The van der Waals surface area contributed by atoms with Gasteiger partial charge in [-0.15, -0.1) is 0 Å². The Bertz CT molecular complexity index is 398. The Labute approximate surface area is 113 Å². The number of nitrogens with zero attached hydrogens (tertiary/aromatic N) is 1. The van der Waals surface area contributed by atoms with E-state index in [-0.39, 0.29) is 6.42 Å². The molecule has 0 aliphatic carbocycles. The summed E-state index contributed by atoms with van der Waals surface area (Å²) in [6.07, 6.45) is 0.174.